The topological polar surface area (TPSA) is 87.7 Å². The molecule has 6 heteroatoms. The lowest BCUT2D eigenvalue weighted by Gasteiger charge is -2.21. The molecule has 104 valence electrons. The Kier molecular flexibility index (Phi) is 4.88. The lowest BCUT2D eigenvalue weighted by Crippen LogP contribution is -2.42. The molecule has 0 aromatic heterocycles. The predicted octanol–water partition coefficient (Wildman–Crippen LogP) is 0.981. The minimum Gasteiger partial charge on any atom is -0.467 e. The molecule has 0 fully saturated rings. The molecule has 1 rings (SSSR count). The maximum absolute atomic E-state index is 11.3. The first-order chi connectivity index (χ1) is 8.85. The van der Waals surface area contributed by atoms with Crippen LogP contribution < -0.4 is 10.6 Å². The smallest absolute Gasteiger partial charge is 0.339 e. The molecule has 0 spiro atoms. The normalized spacial score (nSPS) is 13.3. The molecule has 0 aliphatic carbocycles. The summed E-state index contributed by atoms with van der Waals surface area (Å²) >= 11 is 0. The fourth-order valence-electron chi connectivity index (χ4n) is 1.44. The molecular formula is C13H18N2O4. The van der Waals surface area contributed by atoms with Crippen molar-refractivity contribution in [1.82, 2.24) is 0 Å². The third-order valence-electron chi connectivity index (χ3n) is 2.47. The van der Waals surface area contributed by atoms with Crippen LogP contribution in [0.5, 0.6) is 0 Å². The third-order valence-corrected chi connectivity index (χ3v) is 2.47. The van der Waals surface area contributed by atoms with Crippen molar-refractivity contribution >= 4 is 23.3 Å². The molecule has 3 N–H and O–H groups in total. The molecule has 6 nitrogen and oxygen atoms in total. The number of rotatable bonds is 5. The van der Waals surface area contributed by atoms with Gasteiger partial charge in [-0.05, 0) is 31.2 Å². The highest BCUT2D eigenvalue weighted by atomic mass is 16.5. The van der Waals surface area contributed by atoms with Crippen LogP contribution in [-0.2, 0) is 14.3 Å². The molecule has 0 aliphatic heterocycles. The van der Waals surface area contributed by atoms with Gasteiger partial charge in [-0.2, -0.15) is 0 Å². The summed E-state index contributed by atoms with van der Waals surface area (Å²) in [6, 6.07) is 6.91. The number of carbonyl (C=O) groups is 2. The second-order valence-electron chi connectivity index (χ2n) is 4.38. The number of methoxy groups -OCH3 is 1. The van der Waals surface area contributed by atoms with Crippen molar-refractivity contribution in [3.05, 3.63) is 24.3 Å². The molecule has 0 radical (unpaired) electrons. The first kappa shape index (κ1) is 15.0. The number of amides is 1. The summed E-state index contributed by atoms with van der Waals surface area (Å²) < 4.78 is 4.49. The second kappa shape index (κ2) is 6.19. The molecule has 1 aromatic carbocycles. The highest BCUT2D eigenvalue weighted by Gasteiger charge is 2.30. The summed E-state index contributed by atoms with van der Waals surface area (Å²) in [5.74, 6) is -0.843. The van der Waals surface area contributed by atoms with Crippen molar-refractivity contribution < 1.29 is 19.4 Å². The van der Waals surface area contributed by atoms with Crippen LogP contribution in [0.25, 0.3) is 0 Å². The average molecular weight is 266 g/mol. The molecule has 0 aliphatic rings. The fourth-order valence-corrected chi connectivity index (χ4v) is 1.44. The molecule has 0 heterocycles. The Morgan fingerprint density at radius 2 is 1.79 bits per heavy atom. The zero-order chi connectivity index (χ0) is 14.5. The van der Waals surface area contributed by atoms with E-state index >= 15 is 0 Å². The van der Waals surface area contributed by atoms with Crippen molar-refractivity contribution in [2.45, 2.75) is 19.4 Å². The maximum Gasteiger partial charge on any atom is 0.339 e. The SMILES string of the molecule is COC(=O)C(C)(O)CNc1ccc(NC(C)=O)cc1. The van der Waals surface area contributed by atoms with E-state index in [4.69, 9.17) is 0 Å². The molecule has 1 aromatic rings. The van der Waals surface area contributed by atoms with Gasteiger partial charge in [-0.1, -0.05) is 0 Å². The van der Waals surface area contributed by atoms with Gasteiger partial charge in [-0.15, -0.1) is 0 Å². The number of benzene rings is 1. The Hall–Kier alpha value is -2.08. The van der Waals surface area contributed by atoms with Crippen LogP contribution >= 0.6 is 0 Å². The Morgan fingerprint density at radius 3 is 2.26 bits per heavy atom. The predicted molar refractivity (Wildman–Crippen MR) is 71.9 cm³/mol. The van der Waals surface area contributed by atoms with E-state index in [0.29, 0.717) is 5.69 Å². The first-order valence-corrected chi connectivity index (χ1v) is 5.77. The van der Waals surface area contributed by atoms with Crippen LogP contribution in [0.15, 0.2) is 24.3 Å². The lowest BCUT2D eigenvalue weighted by molar-refractivity contribution is -0.158. The maximum atomic E-state index is 11.3. The van der Waals surface area contributed by atoms with Gasteiger partial charge < -0.3 is 20.5 Å². The molecule has 0 bridgehead atoms. The van der Waals surface area contributed by atoms with E-state index in [1.165, 1.54) is 21.0 Å². The molecule has 0 saturated heterocycles. The van der Waals surface area contributed by atoms with E-state index < -0.39 is 11.6 Å². The van der Waals surface area contributed by atoms with Crippen molar-refractivity contribution in [3.63, 3.8) is 0 Å². The standard InChI is InChI=1S/C13H18N2O4/c1-9(16)15-11-6-4-10(5-7-11)14-8-13(2,18)12(17)19-3/h4-7,14,18H,8H2,1-3H3,(H,15,16). The highest BCUT2D eigenvalue weighted by molar-refractivity contribution is 5.88. The lowest BCUT2D eigenvalue weighted by atomic mass is 10.1. The number of carbonyl (C=O) groups excluding carboxylic acids is 2. The van der Waals surface area contributed by atoms with Gasteiger partial charge in [0, 0.05) is 18.3 Å². The number of anilines is 2. The number of ether oxygens (including phenoxy) is 1. The van der Waals surface area contributed by atoms with E-state index in [-0.39, 0.29) is 12.5 Å². The van der Waals surface area contributed by atoms with Crippen LogP contribution in [-0.4, -0.2) is 36.2 Å². The number of nitrogens with one attached hydrogen (secondary N) is 2. The van der Waals surface area contributed by atoms with Gasteiger partial charge in [-0.3, -0.25) is 4.79 Å². The van der Waals surface area contributed by atoms with Crippen LogP contribution in [0.2, 0.25) is 0 Å². The van der Waals surface area contributed by atoms with Crippen LogP contribution in [0.4, 0.5) is 11.4 Å². The van der Waals surface area contributed by atoms with Gasteiger partial charge in [0.15, 0.2) is 5.60 Å². The highest BCUT2D eigenvalue weighted by Crippen LogP contribution is 2.15. The summed E-state index contributed by atoms with van der Waals surface area (Å²) in [6.07, 6.45) is 0. The van der Waals surface area contributed by atoms with Crippen molar-refractivity contribution in [1.29, 1.82) is 0 Å². The number of hydrogen-bond donors (Lipinski definition) is 3. The molecular weight excluding hydrogens is 248 g/mol. The van der Waals surface area contributed by atoms with Crippen molar-refractivity contribution in [2.24, 2.45) is 0 Å². The average Bonchev–Trinajstić information content (AvgIpc) is 2.36. The van der Waals surface area contributed by atoms with Gasteiger partial charge in [0.2, 0.25) is 5.91 Å². The van der Waals surface area contributed by atoms with Crippen LogP contribution in [0, 0.1) is 0 Å². The molecule has 1 amide bonds. The van der Waals surface area contributed by atoms with Gasteiger partial charge in [0.1, 0.15) is 0 Å². The minimum atomic E-state index is -1.59. The monoisotopic (exact) mass is 266 g/mol. The second-order valence-corrected chi connectivity index (χ2v) is 4.38. The van der Waals surface area contributed by atoms with E-state index in [1.807, 2.05) is 0 Å². The van der Waals surface area contributed by atoms with E-state index in [9.17, 15) is 14.7 Å². The summed E-state index contributed by atoms with van der Waals surface area (Å²) in [4.78, 5) is 22.1. The Balaban J connectivity index is 2.59. The summed E-state index contributed by atoms with van der Waals surface area (Å²) in [5, 5.41) is 15.4. The quantitative estimate of drug-likeness (QED) is 0.691. The Labute approximate surface area is 111 Å². The number of aliphatic hydroxyl groups is 1. The van der Waals surface area contributed by atoms with Gasteiger partial charge in [0.05, 0.1) is 13.7 Å². The van der Waals surface area contributed by atoms with E-state index in [1.54, 1.807) is 24.3 Å². The molecule has 1 unspecified atom stereocenters. The molecule has 19 heavy (non-hydrogen) atoms. The Morgan fingerprint density at radius 1 is 1.26 bits per heavy atom. The minimum absolute atomic E-state index is 0.0269. The fraction of sp³-hybridized carbons (Fsp3) is 0.385. The first-order valence-electron chi connectivity index (χ1n) is 5.77. The van der Waals surface area contributed by atoms with Gasteiger partial charge >= 0.3 is 5.97 Å². The third kappa shape index (κ3) is 4.59. The summed E-state index contributed by atoms with van der Waals surface area (Å²) in [6.45, 7) is 2.83. The van der Waals surface area contributed by atoms with E-state index in [2.05, 4.69) is 15.4 Å². The zero-order valence-corrected chi connectivity index (χ0v) is 11.2. The number of hydrogen-bond acceptors (Lipinski definition) is 5. The van der Waals surface area contributed by atoms with Crippen molar-refractivity contribution in [3.8, 4) is 0 Å². The largest absolute Gasteiger partial charge is 0.467 e. The Bertz CT molecular complexity index is 454. The van der Waals surface area contributed by atoms with Gasteiger partial charge in [-0.25, -0.2) is 4.79 Å². The van der Waals surface area contributed by atoms with Gasteiger partial charge in [0.25, 0.3) is 0 Å². The molecule has 1 atom stereocenters. The summed E-state index contributed by atoms with van der Waals surface area (Å²) in [7, 11) is 1.22. The van der Waals surface area contributed by atoms with Crippen molar-refractivity contribution in [2.75, 3.05) is 24.3 Å². The molecule has 0 saturated carbocycles. The summed E-state index contributed by atoms with van der Waals surface area (Å²) in [5.41, 5.74) is -0.193. The van der Waals surface area contributed by atoms with Crippen LogP contribution in [0.1, 0.15) is 13.8 Å². The number of esters is 1. The zero-order valence-electron chi connectivity index (χ0n) is 11.2. The van der Waals surface area contributed by atoms with E-state index in [0.717, 1.165) is 5.69 Å². The van der Waals surface area contributed by atoms with Crippen LogP contribution in [0.3, 0.4) is 0 Å².